The van der Waals surface area contributed by atoms with Crippen molar-refractivity contribution in [1.29, 1.82) is 0 Å². The first-order valence-corrected chi connectivity index (χ1v) is 9.07. The number of aryl methyl sites for hydroxylation is 1. The second-order valence-electron chi connectivity index (χ2n) is 6.05. The molecular formula is C22H17FO2S. The summed E-state index contributed by atoms with van der Waals surface area (Å²) < 4.78 is 25.9. The zero-order chi connectivity index (χ0) is 18.1. The van der Waals surface area contributed by atoms with Crippen LogP contribution in [0.25, 0.3) is 21.2 Å². The van der Waals surface area contributed by atoms with E-state index in [1.54, 1.807) is 30.6 Å². The Morgan fingerprint density at radius 2 is 1.54 bits per heavy atom. The molecule has 4 aromatic rings. The Labute approximate surface area is 155 Å². The van der Waals surface area contributed by atoms with E-state index in [9.17, 15) is 4.39 Å². The van der Waals surface area contributed by atoms with E-state index in [0.717, 1.165) is 37.8 Å². The van der Waals surface area contributed by atoms with Crippen LogP contribution >= 0.6 is 11.3 Å². The summed E-state index contributed by atoms with van der Waals surface area (Å²) in [5, 5.41) is 1.90. The number of methoxy groups -OCH3 is 1. The summed E-state index contributed by atoms with van der Waals surface area (Å²) in [7, 11) is 1.64. The number of hydrogen-bond donors (Lipinski definition) is 0. The molecule has 3 aromatic carbocycles. The number of hydrogen-bond acceptors (Lipinski definition) is 3. The number of ether oxygens (including phenoxy) is 2. The summed E-state index contributed by atoms with van der Waals surface area (Å²) in [6.45, 7) is 2.07. The van der Waals surface area contributed by atoms with Crippen LogP contribution in [0.2, 0.25) is 0 Å². The minimum absolute atomic E-state index is 0.248. The lowest BCUT2D eigenvalue weighted by molar-refractivity contribution is 0.413. The molecule has 4 rings (SSSR count). The summed E-state index contributed by atoms with van der Waals surface area (Å²) >= 11 is 1.59. The molecule has 0 aliphatic heterocycles. The van der Waals surface area contributed by atoms with Crippen molar-refractivity contribution in [2.45, 2.75) is 6.92 Å². The first kappa shape index (κ1) is 16.6. The third kappa shape index (κ3) is 3.16. The monoisotopic (exact) mass is 364 g/mol. The lowest BCUT2D eigenvalue weighted by Gasteiger charge is -2.08. The van der Waals surface area contributed by atoms with Gasteiger partial charge in [0, 0.05) is 15.6 Å². The Bertz CT molecular complexity index is 1050. The highest BCUT2D eigenvalue weighted by Crippen LogP contribution is 2.46. The Morgan fingerprint density at radius 3 is 2.23 bits per heavy atom. The predicted molar refractivity (Wildman–Crippen MR) is 105 cm³/mol. The Morgan fingerprint density at radius 1 is 0.846 bits per heavy atom. The fourth-order valence-corrected chi connectivity index (χ4v) is 4.09. The molecule has 0 unspecified atom stereocenters. The van der Waals surface area contributed by atoms with Crippen LogP contribution in [0.5, 0.6) is 16.6 Å². The first-order chi connectivity index (χ1) is 12.6. The van der Waals surface area contributed by atoms with Gasteiger partial charge in [-0.15, -0.1) is 0 Å². The van der Waals surface area contributed by atoms with Crippen molar-refractivity contribution >= 4 is 21.4 Å². The summed E-state index contributed by atoms with van der Waals surface area (Å²) in [6, 6.07) is 20.3. The van der Waals surface area contributed by atoms with Gasteiger partial charge in [0.2, 0.25) is 0 Å². The SMILES string of the molecule is COc1ccc(Oc2sc3cc(C)ccc3c2-c2ccc(F)cc2)cc1. The fraction of sp³-hybridized carbons (Fsp3) is 0.0909. The van der Waals surface area contributed by atoms with E-state index >= 15 is 0 Å². The average molecular weight is 364 g/mol. The fourth-order valence-electron chi connectivity index (χ4n) is 2.89. The van der Waals surface area contributed by atoms with Crippen LogP contribution in [-0.4, -0.2) is 7.11 Å². The number of halogens is 1. The van der Waals surface area contributed by atoms with Crippen LogP contribution in [0.4, 0.5) is 4.39 Å². The molecule has 130 valence electrons. The van der Waals surface area contributed by atoms with Gasteiger partial charge in [-0.25, -0.2) is 4.39 Å². The molecule has 4 heteroatoms. The second-order valence-corrected chi connectivity index (χ2v) is 7.06. The lowest BCUT2D eigenvalue weighted by atomic mass is 10.0. The van der Waals surface area contributed by atoms with Crippen molar-refractivity contribution in [3.63, 3.8) is 0 Å². The molecule has 0 bridgehead atoms. The Hall–Kier alpha value is -2.85. The molecule has 0 radical (unpaired) electrons. The van der Waals surface area contributed by atoms with Crippen LogP contribution in [-0.2, 0) is 0 Å². The van der Waals surface area contributed by atoms with Crippen molar-refractivity contribution < 1.29 is 13.9 Å². The van der Waals surface area contributed by atoms with E-state index in [0.29, 0.717) is 0 Å². The second kappa shape index (κ2) is 6.81. The molecule has 1 aromatic heterocycles. The van der Waals surface area contributed by atoms with Crippen LogP contribution < -0.4 is 9.47 Å². The molecule has 1 heterocycles. The molecule has 2 nitrogen and oxygen atoms in total. The van der Waals surface area contributed by atoms with Crippen molar-refractivity contribution in [2.75, 3.05) is 7.11 Å². The van der Waals surface area contributed by atoms with Crippen molar-refractivity contribution in [1.82, 2.24) is 0 Å². The van der Waals surface area contributed by atoms with Crippen molar-refractivity contribution in [3.05, 3.63) is 78.1 Å². The molecule has 0 N–H and O–H groups in total. The van der Waals surface area contributed by atoms with E-state index in [1.165, 1.54) is 17.7 Å². The number of thiophene rings is 1. The molecule has 26 heavy (non-hydrogen) atoms. The van der Waals surface area contributed by atoms with Crippen LogP contribution in [0.3, 0.4) is 0 Å². The van der Waals surface area contributed by atoms with Gasteiger partial charge < -0.3 is 9.47 Å². The number of fused-ring (bicyclic) bond motifs is 1. The average Bonchev–Trinajstić information content (AvgIpc) is 3.00. The van der Waals surface area contributed by atoms with E-state index in [2.05, 4.69) is 25.1 Å². The van der Waals surface area contributed by atoms with E-state index in [-0.39, 0.29) is 5.82 Å². The summed E-state index contributed by atoms with van der Waals surface area (Å²) in [5.41, 5.74) is 3.12. The number of rotatable bonds is 4. The molecule has 0 amide bonds. The summed E-state index contributed by atoms with van der Waals surface area (Å²) in [4.78, 5) is 0. The van der Waals surface area contributed by atoms with Gasteiger partial charge in [0.1, 0.15) is 17.3 Å². The van der Waals surface area contributed by atoms with Crippen LogP contribution in [0.15, 0.2) is 66.7 Å². The molecule has 0 saturated carbocycles. The van der Waals surface area contributed by atoms with Crippen LogP contribution in [0.1, 0.15) is 5.56 Å². The molecule has 0 aliphatic carbocycles. The highest BCUT2D eigenvalue weighted by molar-refractivity contribution is 7.21. The third-order valence-corrected chi connectivity index (χ3v) is 5.25. The van der Waals surface area contributed by atoms with E-state index in [1.807, 2.05) is 24.3 Å². The quantitative estimate of drug-likeness (QED) is 0.396. The van der Waals surface area contributed by atoms with Crippen molar-refractivity contribution in [3.8, 4) is 27.7 Å². The third-order valence-electron chi connectivity index (χ3n) is 4.22. The van der Waals surface area contributed by atoms with Gasteiger partial charge >= 0.3 is 0 Å². The van der Waals surface area contributed by atoms with Gasteiger partial charge in [0.15, 0.2) is 5.06 Å². The Kier molecular flexibility index (Phi) is 4.35. The number of benzene rings is 3. The van der Waals surface area contributed by atoms with Gasteiger partial charge in [-0.05, 0) is 60.5 Å². The zero-order valence-electron chi connectivity index (χ0n) is 14.5. The smallest absolute Gasteiger partial charge is 0.189 e. The van der Waals surface area contributed by atoms with Crippen molar-refractivity contribution in [2.24, 2.45) is 0 Å². The largest absolute Gasteiger partial charge is 0.497 e. The molecule has 0 spiro atoms. The highest BCUT2D eigenvalue weighted by Gasteiger charge is 2.16. The predicted octanol–water partition coefficient (Wildman–Crippen LogP) is 6.82. The van der Waals surface area contributed by atoms with Crippen LogP contribution in [0, 0.1) is 12.7 Å². The molecule has 0 fully saturated rings. The standard InChI is InChI=1S/C22H17FO2S/c1-14-3-12-19-20(13-14)26-22(21(19)15-4-6-16(23)7-5-15)25-18-10-8-17(24-2)9-11-18/h3-13H,1-2H3. The van der Waals surface area contributed by atoms with Gasteiger partial charge in [0.25, 0.3) is 0 Å². The zero-order valence-corrected chi connectivity index (χ0v) is 15.3. The maximum Gasteiger partial charge on any atom is 0.189 e. The minimum Gasteiger partial charge on any atom is -0.497 e. The maximum absolute atomic E-state index is 13.4. The lowest BCUT2D eigenvalue weighted by Crippen LogP contribution is -1.86. The van der Waals surface area contributed by atoms with Gasteiger partial charge in [-0.3, -0.25) is 0 Å². The van der Waals surface area contributed by atoms with E-state index in [4.69, 9.17) is 9.47 Å². The van der Waals surface area contributed by atoms with E-state index < -0.39 is 0 Å². The Balaban J connectivity index is 1.84. The maximum atomic E-state index is 13.4. The topological polar surface area (TPSA) is 18.5 Å². The normalized spacial score (nSPS) is 10.9. The minimum atomic E-state index is -0.248. The first-order valence-electron chi connectivity index (χ1n) is 8.25. The summed E-state index contributed by atoms with van der Waals surface area (Å²) in [5.74, 6) is 1.27. The molecule has 0 atom stereocenters. The van der Waals surface area contributed by atoms with Gasteiger partial charge in [-0.2, -0.15) is 0 Å². The van der Waals surface area contributed by atoms with Gasteiger partial charge in [-0.1, -0.05) is 35.6 Å². The van der Waals surface area contributed by atoms with Gasteiger partial charge in [0.05, 0.1) is 7.11 Å². The molecule has 0 saturated heterocycles. The summed E-state index contributed by atoms with van der Waals surface area (Å²) in [6.07, 6.45) is 0. The highest BCUT2D eigenvalue weighted by atomic mass is 32.1. The molecule has 0 aliphatic rings. The molecular weight excluding hydrogens is 347 g/mol.